The van der Waals surface area contributed by atoms with Crippen molar-refractivity contribution in [2.45, 2.75) is 24.8 Å². The number of benzene rings is 2. The average Bonchev–Trinajstić information content (AvgIpc) is 2.79. The number of nitrogens with one attached hydrogen (secondary N) is 1. The lowest BCUT2D eigenvalue weighted by atomic mass is 10.0. The number of nitrogens with zero attached hydrogens (tertiary/aromatic N) is 1. The zero-order valence-corrected chi connectivity index (χ0v) is 18.4. The molecule has 1 amide bonds. The fourth-order valence-electron chi connectivity index (χ4n) is 3.63. The summed E-state index contributed by atoms with van der Waals surface area (Å²) in [6, 6.07) is 9.91. The number of hydrogen-bond acceptors (Lipinski definition) is 6. The Kier molecular flexibility index (Phi) is 6.17. The van der Waals surface area contributed by atoms with E-state index in [0.29, 0.717) is 62.1 Å². The quantitative estimate of drug-likeness (QED) is 0.757. The molecule has 2 aromatic carbocycles. The fraction of sp³-hybridized carbons (Fsp3) is 0.409. The van der Waals surface area contributed by atoms with E-state index < -0.39 is 10.0 Å². The molecular formula is C22H26N2O6S. The van der Waals surface area contributed by atoms with Crippen LogP contribution in [0.5, 0.6) is 11.5 Å². The van der Waals surface area contributed by atoms with Crippen molar-refractivity contribution in [1.29, 1.82) is 0 Å². The van der Waals surface area contributed by atoms with Crippen molar-refractivity contribution in [2.75, 3.05) is 39.5 Å². The molecule has 2 aliphatic rings. The monoisotopic (exact) mass is 446 g/mol. The molecule has 0 radical (unpaired) electrons. The molecule has 1 N–H and O–H groups in total. The predicted molar refractivity (Wildman–Crippen MR) is 114 cm³/mol. The molecule has 0 saturated carbocycles. The van der Waals surface area contributed by atoms with E-state index in [1.54, 1.807) is 19.1 Å². The van der Waals surface area contributed by atoms with Gasteiger partial charge in [0.25, 0.3) is 5.91 Å². The van der Waals surface area contributed by atoms with Gasteiger partial charge in [0.05, 0.1) is 24.2 Å². The van der Waals surface area contributed by atoms with Crippen molar-refractivity contribution >= 4 is 15.9 Å². The molecule has 8 nitrogen and oxygen atoms in total. The van der Waals surface area contributed by atoms with Crippen LogP contribution in [0.2, 0.25) is 0 Å². The van der Waals surface area contributed by atoms with Gasteiger partial charge < -0.3 is 19.5 Å². The highest BCUT2D eigenvalue weighted by atomic mass is 32.2. The smallest absolute Gasteiger partial charge is 0.252 e. The van der Waals surface area contributed by atoms with Crippen molar-refractivity contribution < 1.29 is 27.4 Å². The Morgan fingerprint density at radius 3 is 2.45 bits per heavy atom. The maximum atomic E-state index is 13.0. The van der Waals surface area contributed by atoms with Crippen LogP contribution in [0.25, 0.3) is 0 Å². The van der Waals surface area contributed by atoms with Crippen molar-refractivity contribution in [3.63, 3.8) is 0 Å². The minimum Gasteiger partial charge on any atom is -0.486 e. The summed E-state index contributed by atoms with van der Waals surface area (Å²) in [5, 5.41) is 2.95. The van der Waals surface area contributed by atoms with Crippen molar-refractivity contribution in [2.24, 2.45) is 0 Å². The Labute approximate surface area is 182 Å². The number of morpholine rings is 1. The number of aryl methyl sites for hydroxylation is 1. The lowest BCUT2D eigenvalue weighted by Gasteiger charge is -2.26. The summed E-state index contributed by atoms with van der Waals surface area (Å²) in [5.74, 6) is 1.00. The molecule has 0 spiro atoms. The molecule has 1 atom stereocenters. The summed E-state index contributed by atoms with van der Waals surface area (Å²) in [4.78, 5) is 13.1. The van der Waals surface area contributed by atoms with Crippen LogP contribution in [0.4, 0.5) is 0 Å². The average molecular weight is 447 g/mol. The van der Waals surface area contributed by atoms with Gasteiger partial charge in [-0.25, -0.2) is 8.42 Å². The van der Waals surface area contributed by atoms with E-state index in [9.17, 15) is 13.2 Å². The zero-order chi connectivity index (χ0) is 22.0. The standard InChI is InChI=1S/C22H26N2O6S/c1-15-3-5-18(31(26,27)24-7-9-28-10-8-24)14-19(15)22(25)23-16(2)17-4-6-20-21(13-17)30-12-11-29-20/h3-6,13-14,16H,7-12H2,1-2H3,(H,23,25). The van der Waals surface area contributed by atoms with Gasteiger partial charge in [-0.3, -0.25) is 4.79 Å². The van der Waals surface area contributed by atoms with Gasteiger partial charge in [-0.15, -0.1) is 0 Å². The molecule has 31 heavy (non-hydrogen) atoms. The summed E-state index contributed by atoms with van der Waals surface area (Å²) in [6.07, 6.45) is 0. The minimum absolute atomic E-state index is 0.108. The normalized spacial score (nSPS) is 17.7. The summed E-state index contributed by atoms with van der Waals surface area (Å²) < 4.78 is 43.7. The van der Waals surface area contributed by atoms with Gasteiger partial charge in [0.15, 0.2) is 11.5 Å². The van der Waals surface area contributed by atoms with Crippen LogP contribution in [0.15, 0.2) is 41.3 Å². The Hall–Kier alpha value is -2.62. The molecule has 0 bridgehead atoms. The molecule has 2 aliphatic heterocycles. The highest BCUT2D eigenvalue weighted by molar-refractivity contribution is 7.89. The second-order valence-electron chi connectivity index (χ2n) is 7.59. The third-order valence-electron chi connectivity index (χ3n) is 5.48. The van der Waals surface area contributed by atoms with Crippen molar-refractivity contribution in [3.05, 3.63) is 53.1 Å². The first kappa shape index (κ1) is 21.6. The Morgan fingerprint density at radius 2 is 1.71 bits per heavy atom. The molecule has 166 valence electrons. The van der Waals surface area contributed by atoms with Gasteiger partial charge in [0, 0.05) is 18.7 Å². The number of rotatable bonds is 5. The number of carbonyl (C=O) groups is 1. The predicted octanol–water partition coefficient (Wildman–Crippen LogP) is 2.28. The Morgan fingerprint density at radius 1 is 1.00 bits per heavy atom. The van der Waals surface area contributed by atoms with Gasteiger partial charge in [-0.1, -0.05) is 12.1 Å². The van der Waals surface area contributed by atoms with Gasteiger partial charge in [0.1, 0.15) is 13.2 Å². The third kappa shape index (κ3) is 4.53. The number of hydrogen-bond donors (Lipinski definition) is 1. The van der Waals surface area contributed by atoms with Gasteiger partial charge in [-0.2, -0.15) is 4.31 Å². The number of carbonyl (C=O) groups excluding carboxylic acids is 1. The van der Waals surface area contributed by atoms with Crippen LogP contribution in [-0.2, 0) is 14.8 Å². The summed E-state index contributed by atoms with van der Waals surface area (Å²) in [7, 11) is -3.68. The van der Waals surface area contributed by atoms with E-state index >= 15 is 0 Å². The lowest BCUT2D eigenvalue weighted by Crippen LogP contribution is -2.40. The van der Waals surface area contributed by atoms with Crippen LogP contribution < -0.4 is 14.8 Å². The Balaban J connectivity index is 1.53. The molecule has 1 fully saturated rings. The first-order chi connectivity index (χ1) is 14.9. The van der Waals surface area contributed by atoms with Crippen LogP contribution in [0.1, 0.15) is 34.5 Å². The second-order valence-corrected chi connectivity index (χ2v) is 9.53. The number of fused-ring (bicyclic) bond motifs is 1. The minimum atomic E-state index is -3.68. The van der Waals surface area contributed by atoms with E-state index in [0.717, 1.165) is 5.56 Å². The molecule has 9 heteroatoms. The van der Waals surface area contributed by atoms with Gasteiger partial charge in [-0.05, 0) is 49.2 Å². The van der Waals surface area contributed by atoms with Gasteiger partial charge in [0.2, 0.25) is 10.0 Å². The molecule has 2 aromatic rings. The van der Waals surface area contributed by atoms with Crippen LogP contribution in [0.3, 0.4) is 0 Å². The third-order valence-corrected chi connectivity index (χ3v) is 7.37. The van der Waals surface area contributed by atoms with E-state index in [-0.39, 0.29) is 16.8 Å². The lowest BCUT2D eigenvalue weighted by molar-refractivity contribution is 0.0730. The molecule has 4 rings (SSSR count). The topological polar surface area (TPSA) is 94.2 Å². The zero-order valence-electron chi connectivity index (χ0n) is 17.6. The molecular weight excluding hydrogens is 420 g/mol. The highest BCUT2D eigenvalue weighted by Gasteiger charge is 2.27. The summed E-state index contributed by atoms with van der Waals surface area (Å²) in [5.41, 5.74) is 1.90. The highest BCUT2D eigenvalue weighted by Crippen LogP contribution is 2.32. The Bertz CT molecular complexity index is 1080. The van der Waals surface area contributed by atoms with Crippen LogP contribution in [-0.4, -0.2) is 58.1 Å². The summed E-state index contributed by atoms with van der Waals surface area (Å²) in [6.45, 7) is 6.00. The number of amides is 1. The van der Waals surface area contributed by atoms with E-state index in [1.807, 2.05) is 25.1 Å². The number of sulfonamides is 1. The molecule has 1 unspecified atom stereocenters. The molecule has 2 heterocycles. The van der Waals surface area contributed by atoms with Gasteiger partial charge >= 0.3 is 0 Å². The second kappa shape index (κ2) is 8.86. The fourth-order valence-corrected chi connectivity index (χ4v) is 5.06. The van der Waals surface area contributed by atoms with E-state index in [2.05, 4.69) is 5.32 Å². The maximum absolute atomic E-state index is 13.0. The van der Waals surface area contributed by atoms with Crippen molar-refractivity contribution in [1.82, 2.24) is 9.62 Å². The SMILES string of the molecule is Cc1ccc(S(=O)(=O)N2CCOCC2)cc1C(=O)NC(C)c1ccc2c(c1)OCCO2. The molecule has 0 aliphatic carbocycles. The summed E-state index contributed by atoms with van der Waals surface area (Å²) >= 11 is 0. The van der Waals surface area contributed by atoms with E-state index in [4.69, 9.17) is 14.2 Å². The molecule has 0 aromatic heterocycles. The first-order valence-electron chi connectivity index (χ1n) is 10.3. The first-order valence-corrected chi connectivity index (χ1v) is 11.7. The van der Waals surface area contributed by atoms with Crippen LogP contribution in [0, 0.1) is 6.92 Å². The van der Waals surface area contributed by atoms with Crippen LogP contribution >= 0.6 is 0 Å². The van der Waals surface area contributed by atoms with E-state index in [1.165, 1.54) is 10.4 Å². The van der Waals surface area contributed by atoms with Crippen molar-refractivity contribution in [3.8, 4) is 11.5 Å². The molecule has 1 saturated heterocycles. The maximum Gasteiger partial charge on any atom is 0.252 e. The number of ether oxygens (including phenoxy) is 3. The largest absolute Gasteiger partial charge is 0.486 e.